The van der Waals surface area contributed by atoms with E-state index in [1.165, 1.54) is 16.1 Å². The van der Waals surface area contributed by atoms with Crippen LogP contribution in [0.3, 0.4) is 0 Å². The summed E-state index contributed by atoms with van der Waals surface area (Å²) in [5, 5.41) is 10.5. The quantitative estimate of drug-likeness (QED) is 0.120. The average molecular weight is 753 g/mol. The number of nitrogens with zero attached hydrogens (tertiary/aromatic N) is 2. The lowest BCUT2D eigenvalue weighted by molar-refractivity contribution is 0.493. The highest BCUT2D eigenvalue weighted by Crippen LogP contribution is 2.53. The molecule has 1 aromatic heterocycles. The minimum Gasteiger partial charge on any atom is -0.456 e. The van der Waals surface area contributed by atoms with Gasteiger partial charge in [0.25, 0.3) is 0 Å². The molecule has 10 aromatic rings. The van der Waals surface area contributed by atoms with Crippen LogP contribution in [0.1, 0.15) is 5.56 Å². The first-order valence-electron chi connectivity index (χ1n) is 19.7. The van der Waals surface area contributed by atoms with Crippen molar-refractivity contribution in [1.82, 2.24) is 0 Å². The molecule has 0 radical (unpaired) electrons. The Balaban J connectivity index is 1.14. The Bertz CT molecular complexity index is 3200. The maximum Gasteiger partial charge on any atom is 0.159 e. The zero-order valence-electron chi connectivity index (χ0n) is 32.4. The van der Waals surface area contributed by atoms with E-state index in [-0.39, 0.29) is 0 Å². The van der Waals surface area contributed by atoms with Crippen LogP contribution in [0.25, 0.3) is 54.3 Å². The lowest BCUT2D eigenvalue weighted by Gasteiger charge is -2.30. The molecule has 5 heteroatoms. The van der Waals surface area contributed by atoms with E-state index in [1.807, 2.05) is 12.1 Å². The van der Waals surface area contributed by atoms with E-state index in [1.54, 1.807) is 0 Å². The fourth-order valence-electron chi connectivity index (χ4n) is 8.79. The van der Waals surface area contributed by atoms with Crippen molar-refractivity contribution in [3.8, 4) is 11.5 Å². The van der Waals surface area contributed by atoms with E-state index in [4.69, 9.17) is 9.15 Å². The Morgan fingerprint density at radius 1 is 0.439 bits per heavy atom. The predicted molar refractivity (Wildman–Crippen MR) is 243 cm³/mol. The first-order chi connectivity index (χ1) is 27.8. The Morgan fingerprint density at radius 2 is 1.09 bits per heavy atom. The van der Waals surface area contributed by atoms with Crippen LogP contribution in [0.15, 0.2) is 174 Å². The van der Waals surface area contributed by atoms with Gasteiger partial charge in [-0.15, -0.1) is 0 Å². The number of ether oxygens (including phenoxy) is 1. The highest BCUT2D eigenvalue weighted by atomic mass is 28.3. The van der Waals surface area contributed by atoms with Gasteiger partial charge in [-0.2, -0.15) is 0 Å². The standard InChI is InChI=1S/C52H40N2O2Si/c1-33-20-24-38(25-21-33)54(44-17-10-15-42-41-14-8-9-18-46(41)56-52(42)44)45-31-35-23-22-34-30-39(32-48-49(34)50(35)51-43(45)16-11-19-47(51)55-48)53(36-12-6-5-7-13-36)37-26-28-40(29-27-37)57(2,3)4/h5-32H,1-4H3. The lowest BCUT2D eigenvalue weighted by Crippen LogP contribution is -2.37. The number of rotatable bonds is 7. The maximum absolute atomic E-state index is 7.03. The summed E-state index contributed by atoms with van der Waals surface area (Å²) in [6, 6.07) is 61.2. The lowest BCUT2D eigenvalue weighted by atomic mass is 9.91. The molecule has 4 nitrogen and oxygen atoms in total. The van der Waals surface area contributed by atoms with Crippen LogP contribution in [0.4, 0.5) is 34.1 Å². The molecule has 0 atom stereocenters. The Kier molecular flexibility index (Phi) is 7.41. The van der Waals surface area contributed by atoms with E-state index < -0.39 is 8.07 Å². The molecule has 1 aliphatic heterocycles. The van der Waals surface area contributed by atoms with Crippen molar-refractivity contribution in [3.63, 3.8) is 0 Å². The van der Waals surface area contributed by atoms with E-state index in [0.29, 0.717) is 0 Å². The predicted octanol–water partition coefficient (Wildman–Crippen LogP) is 14.9. The highest BCUT2D eigenvalue weighted by Gasteiger charge is 2.27. The first-order valence-corrected chi connectivity index (χ1v) is 23.2. The third kappa shape index (κ3) is 5.34. The molecule has 57 heavy (non-hydrogen) atoms. The normalized spacial score (nSPS) is 12.4. The zero-order valence-corrected chi connectivity index (χ0v) is 33.4. The maximum atomic E-state index is 7.03. The number of anilines is 6. The summed E-state index contributed by atoms with van der Waals surface area (Å²) in [6.45, 7) is 9.31. The third-order valence-corrected chi connectivity index (χ3v) is 13.6. The summed E-state index contributed by atoms with van der Waals surface area (Å²) in [6.07, 6.45) is 0. The second kappa shape index (κ2) is 12.6. The molecular formula is C52H40N2O2Si. The van der Waals surface area contributed by atoms with Crippen LogP contribution < -0.4 is 19.7 Å². The molecule has 11 rings (SSSR count). The van der Waals surface area contributed by atoms with Gasteiger partial charge in [-0.05, 0) is 84.4 Å². The number of hydrogen-bond donors (Lipinski definition) is 0. The Labute approximate surface area is 332 Å². The molecule has 2 heterocycles. The van der Waals surface area contributed by atoms with Gasteiger partial charge in [-0.3, -0.25) is 0 Å². The molecular weight excluding hydrogens is 713 g/mol. The second-order valence-corrected chi connectivity index (χ2v) is 21.4. The van der Waals surface area contributed by atoms with Crippen molar-refractivity contribution in [2.45, 2.75) is 26.6 Å². The van der Waals surface area contributed by atoms with E-state index in [0.717, 1.165) is 94.5 Å². The first kappa shape index (κ1) is 33.5. The SMILES string of the molecule is Cc1ccc(N(c2cc3ccc4cc(N(c5ccccc5)c5ccc([Si](C)(C)C)cc5)cc5c4c3c3c(cccc23)O5)c2cccc3c2oc2ccccc23)cc1. The van der Waals surface area contributed by atoms with E-state index in [2.05, 4.69) is 194 Å². The third-order valence-electron chi connectivity index (χ3n) is 11.6. The molecule has 9 aromatic carbocycles. The van der Waals surface area contributed by atoms with Gasteiger partial charge in [0.2, 0.25) is 0 Å². The van der Waals surface area contributed by atoms with Crippen LogP contribution >= 0.6 is 0 Å². The van der Waals surface area contributed by atoms with Gasteiger partial charge in [0.15, 0.2) is 5.58 Å². The molecule has 0 N–H and O–H groups in total. The topological polar surface area (TPSA) is 28.9 Å². The summed E-state index contributed by atoms with van der Waals surface area (Å²) in [5.74, 6) is 1.72. The summed E-state index contributed by atoms with van der Waals surface area (Å²) in [7, 11) is -1.46. The summed E-state index contributed by atoms with van der Waals surface area (Å²) in [5.41, 5.74) is 9.34. The summed E-state index contributed by atoms with van der Waals surface area (Å²) < 4.78 is 13.7. The van der Waals surface area contributed by atoms with Crippen LogP contribution in [0, 0.1) is 6.92 Å². The van der Waals surface area contributed by atoms with Crippen LogP contribution in [0.2, 0.25) is 19.6 Å². The Hall–Kier alpha value is -6.82. The molecule has 0 unspecified atom stereocenters. The summed E-state index contributed by atoms with van der Waals surface area (Å²) >= 11 is 0. The van der Waals surface area contributed by atoms with Gasteiger partial charge >= 0.3 is 0 Å². The fourth-order valence-corrected chi connectivity index (χ4v) is 9.95. The minimum atomic E-state index is -1.46. The van der Waals surface area contributed by atoms with Gasteiger partial charge < -0.3 is 19.0 Å². The van der Waals surface area contributed by atoms with Gasteiger partial charge in [0, 0.05) is 55.4 Å². The minimum absolute atomic E-state index is 0.855. The molecule has 0 spiro atoms. The van der Waals surface area contributed by atoms with Crippen molar-refractivity contribution in [3.05, 3.63) is 175 Å². The monoisotopic (exact) mass is 752 g/mol. The highest BCUT2D eigenvalue weighted by molar-refractivity contribution is 6.88. The molecule has 0 saturated carbocycles. The average Bonchev–Trinajstić information content (AvgIpc) is 3.62. The molecule has 274 valence electrons. The zero-order chi connectivity index (χ0) is 38.4. The van der Waals surface area contributed by atoms with E-state index >= 15 is 0 Å². The van der Waals surface area contributed by atoms with Crippen LogP contribution in [-0.4, -0.2) is 8.07 Å². The van der Waals surface area contributed by atoms with E-state index in [9.17, 15) is 0 Å². The number of aryl methyl sites for hydroxylation is 1. The van der Waals surface area contributed by atoms with Crippen LogP contribution in [0.5, 0.6) is 11.5 Å². The Morgan fingerprint density at radius 3 is 1.88 bits per heavy atom. The second-order valence-electron chi connectivity index (χ2n) is 16.3. The van der Waals surface area contributed by atoms with Crippen molar-refractivity contribution < 1.29 is 9.15 Å². The molecule has 0 amide bonds. The van der Waals surface area contributed by atoms with Gasteiger partial charge in [-0.1, -0.05) is 127 Å². The van der Waals surface area contributed by atoms with Gasteiger partial charge in [0.05, 0.1) is 25.1 Å². The van der Waals surface area contributed by atoms with Gasteiger partial charge in [-0.25, -0.2) is 0 Å². The number of para-hydroxylation sites is 3. The smallest absolute Gasteiger partial charge is 0.159 e. The molecule has 0 saturated heterocycles. The van der Waals surface area contributed by atoms with Crippen LogP contribution in [-0.2, 0) is 0 Å². The molecule has 0 bridgehead atoms. The van der Waals surface area contributed by atoms with Gasteiger partial charge in [0.1, 0.15) is 17.1 Å². The fraction of sp³-hybridized carbons (Fsp3) is 0.0769. The number of benzene rings is 9. The molecule has 0 aliphatic carbocycles. The molecule has 1 aliphatic rings. The van der Waals surface area contributed by atoms with Crippen molar-refractivity contribution >= 4 is 102 Å². The van der Waals surface area contributed by atoms with Crippen molar-refractivity contribution in [1.29, 1.82) is 0 Å². The van der Waals surface area contributed by atoms with Crippen molar-refractivity contribution in [2.24, 2.45) is 0 Å². The number of furan rings is 1. The molecule has 0 fully saturated rings. The number of hydrogen-bond acceptors (Lipinski definition) is 4. The number of fused-ring (bicyclic) bond motifs is 3. The summed E-state index contributed by atoms with van der Waals surface area (Å²) in [4.78, 5) is 4.70. The van der Waals surface area contributed by atoms with Crippen molar-refractivity contribution in [2.75, 3.05) is 9.80 Å². The largest absolute Gasteiger partial charge is 0.456 e.